The fraction of sp³-hybridized carbons (Fsp3) is 0.323. The Hall–Kier alpha value is -3.80. The number of ether oxygens (including phenoxy) is 1. The van der Waals surface area contributed by atoms with Crippen LogP contribution in [0, 0.1) is 11.6 Å². The SMILES string of the molecule is CC(C)(C)c1ccc(S(=O)(=O)Nc2ccc3[nH]c(C(=O)NCCN4CCOCC4)c(-c4cc(F)ccc4F)c3c2)cc1. The number of hydrogen-bond acceptors (Lipinski definition) is 5. The highest BCUT2D eigenvalue weighted by molar-refractivity contribution is 7.92. The Labute approximate surface area is 244 Å². The molecular weight excluding hydrogens is 562 g/mol. The average molecular weight is 597 g/mol. The normalized spacial score (nSPS) is 14.7. The lowest BCUT2D eigenvalue weighted by Crippen LogP contribution is -2.41. The predicted octanol–water partition coefficient (Wildman–Crippen LogP) is 5.27. The predicted molar refractivity (Wildman–Crippen MR) is 159 cm³/mol. The third-order valence-electron chi connectivity index (χ3n) is 7.32. The number of halogens is 2. The molecule has 0 unspecified atom stereocenters. The van der Waals surface area contributed by atoms with Gasteiger partial charge in [0, 0.05) is 53.9 Å². The second-order valence-corrected chi connectivity index (χ2v) is 13.0. The number of carbonyl (C=O) groups is 1. The van der Waals surface area contributed by atoms with Crippen LogP contribution in [0.15, 0.2) is 65.6 Å². The van der Waals surface area contributed by atoms with Gasteiger partial charge < -0.3 is 15.0 Å². The molecule has 1 fully saturated rings. The maximum atomic E-state index is 15.1. The highest BCUT2D eigenvalue weighted by Crippen LogP contribution is 2.36. The summed E-state index contributed by atoms with van der Waals surface area (Å²) in [4.78, 5) is 18.6. The number of aromatic amines is 1. The van der Waals surface area contributed by atoms with Crippen LogP contribution in [-0.2, 0) is 20.2 Å². The van der Waals surface area contributed by atoms with E-state index in [2.05, 4.69) is 19.9 Å². The third-order valence-corrected chi connectivity index (χ3v) is 8.72. The molecule has 0 bridgehead atoms. The van der Waals surface area contributed by atoms with Gasteiger partial charge in [-0.3, -0.25) is 14.4 Å². The van der Waals surface area contributed by atoms with Gasteiger partial charge in [0.2, 0.25) is 0 Å². The first-order valence-corrected chi connectivity index (χ1v) is 15.2. The van der Waals surface area contributed by atoms with E-state index < -0.39 is 27.6 Å². The van der Waals surface area contributed by atoms with E-state index in [1.54, 1.807) is 36.4 Å². The summed E-state index contributed by atoms with van der Waals surface area (Å²) in [5.41, 5.74) is 1.60. The molecule has 8 nitrogen and oxygen atoms in total. The van der Waals surface area contributed by atoms with Crippen molar-refractivity contribution in [3.63, 3.8) is 0 Å². The molecule has 222 valence electrons. The minimum absolute atomic E-state index is 0.0502. The molecule has 1 saturated heterocycles. The molecule has 0 spiro atoms. The van der Waals surface area contributed by atoms with Crippen molar-refractivity contribution in [2.45, 2.75) is 31.1 Å². The number of carbonyl (C=O) groups excluding carboxylic acids is 1. The Morgan fingerprint density at radius 2 is 1.71 bits per heavy atom. The van der Waals surface area contributed by atoms with Gasteiger partial charge in [-0.2, -0.15) is 0 Å². The molecule has 11 heteroatoms. The zero-order chi connectivity index (χ0) is 30.1. The van der Waals surface area contributed by atoms with E-state index in [4.69, 9.17) is 4.74 Å². The van der Waals surface area contributed by atoms with E-state index in [1.807, 2.05) is 20.8 Å². The molecule has 3 aromatic carbocycles. The largest absolute Gasteiger partial charge is 0.379 e. The lowest BCUT2D eigenvalue weighted by molar-refractivity contribution is 0.0383. The van der Waals surface area contributed by atoms with Crippen molar-refractivity contribution in [1.82, 2.24) is 15.2 Å². The topological polar surface area (TPSA) is 104 Å². The first-order valence-electron chi connectivity index (χ1n) is 13.8. The molecule has 3 N–H and O–H groups in total. The van der Waals surface area contributed by atoms with Crippen molar-refractivity contribution in [2.24, 2.45) is 0 Å². The quantitative estimate of drug-likeness (QED) is 0.257. The van der Waals surface area contributed by atoms with Crippen LogP contribution in [-0.4, -0.2) is 63.6 Å². The summed E-state index contributed by atoms with van der Waals surface area (Å²) >= 11 is 0. The third kappa shape index (κ3) is 6.48. The van der Waals surface area contributed by atoms with Gasteiger partial charge in [0.05, 0.1) is 18.1 Å². The number of nitrogens with zero attached hydrogens (tertiary/aromatic N) is 1. The molecule has 0 saturated carbocycles. The number of sulfonamides is 1. The molecule has 42 heavy (non-hydrogen) atoms. The molecule has 0 radical (unpaired) electrons. The number of nitrogens with one attached hydrogen (secondary N) is 3. The van der Waals surface area contributed by atoms with Crippen molar-refractivity contribution in [2.75, 3.05) is 44.1 Å². The number of rotatable bonds is 8. The number of benzene rings is 3. The van der Waals surface area contributed by atoms with Crippen molar-refractivity contribution in [3.05, 3.63) is 83.6 Å². The number of fused-ring (bicyclic) bond motifs is 1. The Balaban J connectivity index is 1.48. The maximum Gasteiger partial charge on any atom is 0.268 e. The molecule has 1 aliphatic heterocycles. The number of morpholine rings is 1. The van der Waals surface area contributed by atoms with Crippen LogP contribution >= 0.6 is 0 Å². The zero-order valence-electron chi connectivity index (χ0n) is 23.8. The van der Waals surface area contributed by atoms with E-state index >= 15 is 4.39 Å². The van der Waals surface area contributed by atoms with Gasteiger partial charge in [-0.1, -0.05) is 32.9 Å². The van der Waals surface area contributed by atoms with Gasteiger partial charge in [0.15, 0.2) is 0 Å². The molecule has 1 aromatic heterocycles. The van der Waals surface area contributed by atoms with Gasteiger partial charge >= 0.3 is 0 Å². The van der Waals surface area contributed by atoms with Gasteiger partial charge in [0.25, 0.3) is 15.9 Å². The van der Waals surface area contributed by atoms with Crippen LogP contribution in [0.5, 0.6) is 0 Å². The minimum Gasteiger partial charge on any atom is -0.379 e. The monoisotopic (exact) mass is 596 g/mol. The minimum atomic E-state index is -3.96. The summed E-state index contributed by atoms with van der Waals surface area (Å²) in [5.74, 6) is -1.88. The van der Waals surface area contributed by atoms with Crippen molar-refractivity contribution in [3.8, 4) is 11.1 Å². The van der Waals surface area contributed by atoms with Crippen molar-refractivity contribution < 1.29 is 26.7 Å². The summed E-state index contributed by atoms with van der Waals surface area (Å²) in [7, 11) is -3.96. The summed E-state index contributed by atoms with van der Waals surface area (Å²) in [6.45, 7) is 9.87. The van der Waals surface area contributed by atoms with Crippen LogP contribution in [0.2, 0.25) is 0 Å². The zero-order valence-corrected chi connectivity index (χ0v) is 24.6. The molecule has 0 atom stereocenters. The Morgan fingerprint density at radius 3 is 2.40 bits per heavy atom. The summed E-state index contributed by atoms with van der Waals surface area (Å²) in [5, 5.41) is 3.22. The van der Waals surface area contributed by atoms with E-state index in [0.717, 1.165) is 36.9 Å². The number of aromatic nitrogens is 1. The maximum absolute atomic E-state index is 15.1. The van der Waals surface area contributed by atoms with Gasteiger partial charge in [-0.15, -0.1) is 0 Å². The van der Waals surface area contributed by atoms with E-state index in [0.29, 0.717) is 37.2 Å². The van der Waals surface area contributed by atoms with Gasteiger partial charge in [-0.05, 0) is 59.5 Å². The Kier molecular flexibility index (Phi) is 8.36. The summed E-state index contributed by atoms with van der Waals surface area (Å²) in [6.07, 6.45) is 0. The van der Waals surface area contributed by atoms with Crippen LogP contribution < -0.4 is 10.0 Å². The molecular formula is C31H34F2N4O4S. The second-order valence-electron chi connectivity index (χ2n) is 11.3. The fourth-order valence-electron chi connectivity index (χ4n) is 4.98. The highest BCUT2D eigenvalue weighted by Gasteiger charge is 2.24. The molecule has 2 heterocycles. The fourth-order valence-corrected chi connectivity index (χ4v) is 6.03. The van der Waals surface area contributed by atoms with E-state index in [-0.39, 0.29) is 32.8 Å². The summed E-state index contributed by atoms with van der Waals surface area (Å²) < 4.78 is 63.7. The van der Waals surface area contributed by atoms with Crippen LogP contribution in [0.4, 0.5) is 14.5 Å². The standard InChI is InChI=1S/C31H34F2N4O4S/c1-31(2,3)20-4-8-23(9-5-20)42(39,40)36-22-7-11-27-25(19-22)28(24-18-21(32)6-10-26(24)33)29(35-27)30(38)34-12-13-37-14-16-41-17-15-37/h4-11,18-19,35-36H,12-17H2,1-3H3,(H,34,38). The van der Waals surface area contributed by atoms with Gasteiger partial charge in [-0.25, -0.2) is 17.2 Å². The first kappa shape index (κ1) is 29.7. The molecule has 4 aromatic rings. The van der Waals surface area contributed by atoms with Crippen LogP contribution in [0.1, 0.15) is 36.8 Å². The summed E-state index contributed by atoms with van der Waals surface area (Å²) in [6, 6.07) is 14.3. The molecule has 5 rings (SSSR count). The lowest BCUT2D eigenvalue weighted by Gasteiger charge is -2.26. The molecule has 0 aliphatic carbocycles. The smallest absolute Gasteiger partial charge is 0.268 e. The van der Waals surface area contributed by atoms with Crippen molar-refractivity contribution in [1.29, 1.82) is 0 Å². The number of hydrogen-bond donors (Lipinski definition) is 3. The lowest BCUT2D eigenvalue weighted by atomic mass is 9.87. The second kappa shape index (κ2) is 11.8. The number of H-pyrrole nitrogens is 1. The van der Waals surface area contributed by atoms with Gasteiger partial charge in [0.1, 0.15) is 17.3 Å². The average Bonchev–Trinajstić information content (AvgIpc) is 3.33. The van der Waals surface area contributed by atoms with E-state index in [9.17, 15) is 17.6 Å². The molecule has 1 aliphatic rings. The molecule has 1 amide bonds. The highest BCUT2D eigenvalue weighted by atomic mass is 32.2. The van der Waals surface area contributed by atoms with Crippen LogP contribution in [0.25, 0.3) is 22.0 Å². The first-order chi connectivity index (χ1) is 19.9. The number of amides is 1. The number of anilines is 1. The van der Waals surface area contributed by atoms with Crippen molar-refractivity contribution >= 4 is 32.5 Å². The van der Waals surface area contributed by atoms with Crippen LogP contribution in [0.3, 0.4) is 0 Å². The Morgan fingerprint density at radius 1 is 1.00 bits per heavy atom. The van der Waals surface area contributed by atoms with E-state index in [1.165, 1.54) is 6.07 Å². The Bertz CT molecular complexity index is 1710.